The molecule has 2 fully saturated rings. The summed E-state index contributed by atoms with van der Waals surface area (Å²) in [6.45, 7) is 5.59. The van der Waals surface area contributed by atoms with Crippen LogP contribution in [0.3, 0.4) is 0 Å². The van der Waals surface area contributed by atoms with Crippen LogP contribution >= 0.6 is 0 Å². The molecule has 5 heteroatoms. The highest BCUT2D eigenvalue weighted by Gasteiger charge is 2.57. The Kier molecular flexibility index (Phi) is 3.60. The largest absolute Gasteiger partial charge is 0.354 e. The van der Waals surface area contributed by atoms with Gasteiger partial charge in [0.1, 0.15) is 5.82 Å². The molecule has 1 unspecified atom stereocenters. The fourth-order valence-electron chi connectivity index (χ4n) is 4.09. The number of nitrogens with one attached hydrogen (secondary N) is 2. The lowest BCUT2D eigenvalue weighted by Gasteiger charge is -2.23. The van der Waals surface area contributed by atoms with E-state index in [2.05, 4.69) is 26.3 Å². The molecule has 1 saturated heterocycles. The molecule has 1 aliphatic carbocycles. The highest BCUT2D eigenvalue weighted by Crippen LogP contribution is 2.58. The predicted octanol–water partition coefficient (Wildman–Crippen LogP) is 1.85. The number of para-hydroxylation sites is 2. The normalized spacial score (nSPS) is 22.4. The molecule has 0 bridgehead atoms. The maximum Gasteiger partial charge on any atom is 0.223 e. The monoisotopic (exact) mass is 312 g/mol. The highest BCUT2D eigenvalue weighted by atomic mass is 16.2. The van der Waals surface area contributed by atoms with Crippen LogP contribution in [0.4, 0.5) is 0 Å². The predicted molar refractivity (Wildman–Crippen MR) is 90.1 cm³/mol. The van der Waals surface area contributed by atoms with Crippen molar-refractivity contribution in [3.8, 4) is 0 Å². The average Bonchev–Trinajstić information content (AvgIpc) is 3.15. The van der Waals surface area contributed by atoms with Crippen LogP contribution in [-0.2, 0) is 11.3 Å². The molecule has 2 N–H and O–H groups in total. The molecule has 1 atom stereocenters. The molecular weight excluding hydrogens is 288 g/mol. The Bertz CT molecular complexity index is 730. The van der Waals surface area contributed by atoms with Crippen LogP contribution in [0.2, 0.25) is 0 Å². The third-order valence-electron chi connectivity index (χ3n) is 5.59. The first-order valence-corrected chi connectivity index (χ1v) is 8.60. The van der Waals surface area contributed by atoms with Crippen LogP contribution in [-0.4, -0.2) is 35.1 Å². The van der Waals surface area contributed by atoms with Crippen molar-refractivity contribution < 1.29 is 4.79 Å². The molecule has 0 radical (unpaired) electrons. The summed E-state index contributed by atoms with van der Waals surface area (Å²) in [5, 5.41) is 6.52. The molecule has 1 spiro atoms. The van der Waals surface area contributed by atoms with E-state index in [4.69, 9.17) is 0 Å². The molecule has 122 valence electrons. The van der Waals surface area contributed by atoms with Crippen LogP contribution in [0.5, 0.6) is 0 Å². The zero-order valence-corrected chi connectivity index (χ0v) is 13.6. The van der Waals surface area contributed by atoms with Gasteiger partial charge in [0.05, 0.1) is 11.0 Å². The van der Waals surface area contributed by atoms with E-state index in [1.807, 2.05) is 25.1 Å². The summed E-state index contributed by atoms with van der Waals surface area (Å²) < 4.78 is 2.18. The quantitative estimate of drug-likeness (QED) is 0.906. The molecule has 1 aliphatic heterocycles. The van der Waals surface area contributed by atoms with Crippen molar-refractivity contribution in [1.29, 1.82) is 0 Å². The van der Waals surface area contributed by atoms with Crippen molar-refractivity contribution in [1.82, 2.24) is 20.2 Å². The van der Waals surface area contributed by atoms with E-state index in [0.717, 1.165) is 55.8 Å². The molecule has 23 heavy (non-hydrogen) atoms. The molecule has 1 aromatic carbocycles. The number of aryl methyl sites for hydroxylation is 1. The van der Waals surface area contributed by atoms with Gasteiger partial charge in [-0.25, -0.2) is 4.98 Å². The molecule has 2 aromatic rings. The number of hydrogen-bond donors (Lipinski definition) is 2. The maximum absolute atomic E-state index is 12.4. The van der Waals surface area contributed by atoms with Gasteiger partial charge in [0.15, 0.2) is 0 Å². The molecule has 1 saturated carbocycles. The van der Waals surface area contributed by atoms with Gasteiger partial charge in [-0.15, -0.1) is 0 Å². The summed E-state index contributed by atoms with van der Waals surface area (Å²) in [4.78, 5) is 17.0. The van der Waals surface area contributed by atoms with Crippen LogP contribution in [0, 0.1) is 18.3 Å². The first-order valence-electron chi connectivity index (χ1n) is 8.60. The zero-order chi connectivity index (χ0) is 15.9. The molecule has 2 heterocycles. The van der Waals surface area contributed by atoms with E-state index in [0.29, 0.717) is 12.0 Å². The molecule has 1 aromatic heterocycles. The summed E-state index contributed by atoms with van der Waals surface area (Å²) >= 11 is 0. The van der Waals surface area contributed by atoms with Crippen molar-refractivity contribution in [3.63, 3.8) is 0 Å². The number of aromatic nitrogens is 2. The van der Waals surface area contributed by atoms with E-state index in [1.54, 1.807) is 0 Å². The van der Waals surface area contributed by atoms with Crippen LogP contribution in [0.1, 0.15) is 25.1 Å². The summed E-state index contributed by atoms with van der Waals surface area (Å²) in [6.07, 6.45) is 3.38. The number of hydrogen-bond acceptors (Lipinski definition) is 3. The van der Waals surface area contributed by atoms with Gasteiger partial charge in [0.2, 0.25) is 5.91 Å². The third-order valence-corrected chi connectivity index (χ3v) is 5.59. The smallest absolute Gasteiger partial charge is 0.223 e. The molecule has 1 amide bonds. The Labute approximate surface area is 136 Å². The Hall–Kier alpha value is -1.88. The molecule has 4 rings (SSSR count). The van der Waals surface area contributed by atoms with Gasteiger partial charge in [-0.1, -0.05) is 12.1 Å². The van der Waals surface area contributed by atoms with Crippen LogP contribution in [0.15, 0.2) is 24.3 Å². The second-order valence-corrected chi connectivity index (χ2v) is 6.96. The number of amides is 1. The topological polar surface area (TPSA) is 59.0 Å². The van der Waals surface area contributed by atoms with Gasteiger partial charge in [-0.3, -0.25) is 4.79 Å². The number of carbonyl (C=O) groups is 1. The minimum atomic E-state index is 0.241. The second-order valence-electron chi connectivity index (χ2n) is 6.96. The van der Waals surface area contributed by atoms with Gasteiger partial charge in [-0.05, 0) is 56.8 Å². The number of carbonyl (C=O) groups excluding carboxylic acids is 1. The number of piperidine rings is 1. The van der Waals surface area contributed by atoms with E-state index in [1.165, 1.54) is 0 Å². The van der Waals surface area contributed by atoms with Crippen molar-refractivity contribution in [3.05, 3.63) is 30.1 Å². The summed E-state index contributed by atoms with van der Waals surface area (Å²) in [5.41, 5.74) is 2.47. The number of nitrogens with zero attached hydrogens (tertiary/aromatic N) is 2. The van der Waals surface area contributed by atoms with E-state index in [-0.39, 0.29) is 11.8 Å². The van der Waals surface area contributed by atoms with Crippen LogP contribution in [0.25, 0.3) is 11.0 Å². The fraction of sp³-hybridized carbons (Fsp3) is 0.556. The standard InChI is InChI=1S/C18H24N4O/c1-13-21-15-4-2-3-5-16(15)22(13)11-10-20-17(23)14-12-18(14)6-8-19-9-7-18/h2-5,14,19H,6-12H2,1H3,(H,20,23). The van der Waals surface area contributed by atoms with Gasteiger partial charge >= 0.3 is 0 Å². The SMILES string of the molecule is Cc1nc2ccccc2n1CCNC(=O)C1CC12CCNCC2. The Morgan fingerprint density at radius 3 is 3.00 bits per heavy atom. The Morgan fingerprint density at radius 1 is 1.39 bits per heavy atom. The zero-order valence-electron chi connectivity index (χ0n) is 13.6. The summed E-state index contributed by atoms with van der Waals surface area (Å²) in [7, 11) is 0. The van der Waals surface area contributed by atoms with Gasteiger partial charge in [0.25, 0.3) is 0 Å². The number of benzene rings is 1. The van der Waals surface area contributed by atoms with Crippen molar-refractivity contribution >= 4 is 16.9 Å². The Balaban J connectivity index is 1.35. The summed E-state index contributed by atoms with van der Waals surface area (Å²) in [6, 6.07) is 8.15. The number of fused-ring (bicyclic) bond motifs is 1. The number of imidazole rings is 1. The lowest BCUT2D eigenvalue weighted by molar-refractivity contribution is -0.123. The fourth-order valence-corrected chi connectivity index (χ4v) is 4.09. The lowest BCUT2D eigenvalue weighted by atomic mass is 9.92. The highest BCUT2D eigenvalue weighted by molar-refractivity contribution is 5.82. The minimum absolute atomic E-state index is 0.241. The van der Waals surface area contributed by atoms with Crippen molar-refractivity contribution in [2.24, 2.45) is 11.3 Å². The van der Waals surface area contributed by atoms with E-state index >= 15 is 0 Å². The Morgan fingerprint density at radius 2 is 2.17 bits per heavy atom. The van der Waals surface area contributed by atoms with Gasteiger partial charge < -0.3 is 15.2 Å². The van der Waals surface area contributed by atoms with Crippen molar-refractivity contribution in [2.75, 3.05) is 19.6 Å². The lowest BCUT2D eigenvalue weighted by Crippen LogP contribution is -2.34. The first-order chi connectivity index (χ1) is 11.2. The molecule has 2 aliphatic rings. The van der Waals surface area contributed by atoms with Crippen LogP contribution < -0.4 is 10.6 Å². The van der Waals surface area contributed by atoms with E-state index in [9.17, 15) is 4.79 Å². The van der Waals surface area contributed by atoms with E-state index < -0.39 is 0 Å². The van der Waals surface area contributed by atoms with Crippen molar-refractivity contribution in [2.45, 2.75) is 32.7 Å². The molecular formula is C18H24N4O. The maximum atomic E-state index is 12.4. The minimum Gasteiger partial charge on any atom is -0.354 e. The first kappa shape index (κ1) is 14.7. The number of rotatable bonds is 4. The molecule has 5 nitrogen and oxygen atoms in total. The second kappa shape index (κ2) is 5.64. The third kappa shape index (κ3) is 2.63. The summed E-state index contributed by atoms with van der Waals surface area (Å²) in [5.74, 6) is 1.49. The average molecular weight is 312 g/mol. The van der Waals surface area contributed by atoms with Gasteiger partial charge in [-0.2, -0.15) is 0 Å². The van der Waals surface area contributed by atoms with Gasteiger partial charge in [0, 0.05) is 19.0 Å².